The normalized spacial score (nSPS) is 21.4. The topological polar surface area (TPSA) is 109 Å². The van der Waals surface area contributed by atoms with E-state index in [2.05, 4.69) is 15.5 Å². The summed E-state index contributed by atoms with van der Waals surface area (Å²) in [5.74, 6) is 0.557. The molecule has 0 radical (unpaired) electrons. The van der Waals surface area contributed by atoms with Gasteiger partial charge in [0.2, 0.25) is 12.7 Å². The van der Waals surface area contributed by atoms with E-state index >= 15 is 0 Å². The van der Waals surface area contributed by atoms with Crippen LogP contribution in [0.4, 0.5) is 4.79 Å². The van der Waals surface area contributed by atoms with Gasteiger partial charge in [-0.1, -0.05) is 6.07 Å². The van der Waals surface area contributed by atoms with Gasteiger partial charge in [-0.25, -0.2) is 4.79 Å². The molecule has 3 aliphatic rings. The summed E-state index contributed by atoms with van der Waals surface area (Å²) in [4.78, 5) is 40.3. The lowest BCUT2D eigenvalue weighted by molar-refractivity contribution is -0.131. The highest BCUT2D eigenvalue weighted by molar-refractivity contribution is 6.05. The number of carbonyl (C=O) groups is 3. The van der Waals surface area contributed by atoms with Crippen LogP contribution in [0, 0.1) is 0 Å². The number of urea groups is 1. The molecule has 0 aromatic heterocycles. The molecule has 1 atom stereocenters. The van der Waals surface area contributed by atoms with Gasteiger partial charge in [0.15, 0.2) is 11.5 Å². The van der Waals surface area contributed by atoms with Crippen molar-refractivity contribution in [2.24, 2.45) is 0 Å². The number of nitrogens with one attached hydrogen (secondary N) is 2. The van der Waals surface area contributed by atoms with Crippen LogP contribution in [-0.2, 0) is 20.9 Å². The van der Waals surface area contributed by atoms with Crippen LogP contribution >= 0.6 is 0 Å². The average Bonchev–Trinajstić information content (AvgIpc) is 3.28. The molecule has 2 N–H and O–H groups in total. The maximum Gasteiger partial charge on any atom is 0.325 e. The number of benzene rings is 1. The molecular weight excluding hydrogens is 380 g/mol. The summed E-state index contributed by atoms with van der Waals surface area (Å²) in [6, 6.07) is 3.92. The van der Waals surface area contributed by atoms with Gasteiger partial charge < -0.3 is 24.8 Å². The van der Waals surface area contributed by atoms with Crippen molar-refractivity contribution in [3.8, 4) is 11.5 Å². The Kier molecular flexibility index (Phi) is 5.81. The van der Waals surface area contributed by atoms with E-state index in [0.717, 1.165) is 30.1 Å². The number of rotatable bonds is 7. The number of ether oxygens (including phenoxy) is 3. The first-order valence-electron chi connectivity index (χ1n) is 9.67. The van der Waals surface area contributed by atoms with Gasteiger partial charge in [0.05, 0.1) is 26.2 Å². The van der Waals surface area contributed by atoms with Crippen molar-refractivity contribution in [3.05, 3.63) is 23.8 Å². The molecule has 10 heteroatoms. The Bertz CT molecular complexity index is 795. The molecule has 156 valence electrons. The molecule has 0 saturated carbocycles. The monoisotopic (exact) mass is 404 g/mol. The molecule has 0 bridgehead atoms. The molecule has 29 heavy (non-hydrogen) atoms. The predicted molar refractivity (Wildman–Crippen MR) is 100 cm³/mol. The fourth-order valence-corrected chi connectivity index (χ4v) is 3.52. The molecule has 2 saturated heterocycles. The lowest BCUT2D eigenvalue weighted by atomic mass is 10.1. The van der Waals surface area contributed by atoms with Gasteiger partial charge >= 0.3 is 6.03 Å². The molecule has 4 amide bonds. The van der Waals surface area contributed by atoms with Crippen molar-refractivity contribution >= 4 is 17.8 Å². The number of fused-ring (bicyclic) bond motifs is 1. The molecule has 1 aromatic carbocycles. The predicted octanol–water partition coefficient (Wildman–Crippen LogP) is -0.326. The minimum atomic E-state index is -0.847. The number of nitrogens with zero attached hydrogens (tertiary/aromatic N) is 2. The third-order valence-electron chi connectivity index (χ3n) is 5.13. The van der Waals surface area contributed by atoms with Crippen LogP contribution in [0.5, 0.6) is 11.5 Å². The Morgan fingerprint density at radius 3 is 2.79 bits per heavy atom. The molecule has 4 rings (SSSR count). The van der Waals surface area contributed by atoms with E-state index < -0.39 is 18.0 Å². The number of morpholine rings is 1. The summed E-state index contributed by atoms with van der Waals surface area (Å²) in [6.45, 7) is 4.60. The fourth-order valence-electron chi connectivity index (χ4n) is 3.52. The Morgan fingerprint density at radius 1 is 1.17 bits per heavy atom. The number of imide groups is 1. The first kappa shape index (κ1) is 19.5. The van der Waals surface area contributed by atoms with Crippen molar-refractivity contribution < 1.29 is 28.6 Å². The lowest BCUT2D eigenvalue weighted by Crippen LogP contribution is -2.42. The summed E-state index contributed by atoms with van der Waals surface area (Å²) in [5.41, 5.74) is 0.744. The first-order chi connectivity index (χ1) is 14.1. The van der Waals surface area contributed by atoms with E-state index in [0.29, 0.717) is 31.3 Å². The van der Waals surface area contributed by atoms with Gasteiger partial charge in [-0.2, -0.15) is 0 Å². The van der Waals surface area contributed by atoms with Gasteiger partial charge in [-0.3, -0.25) is 19.4 Å². The zero-order chi connectivity index (χ0) is 20.2. The summed E-state index contributed by atoms with van der Waals surface area (Å²) in [7, 11) is 0. The maximum atomic E-state index is 12.6. The molecule has 3 aliphatic heterocycles. The molecule has 3 heterocycles. The largest absolute Gasteiger partial charge is 0.454 e. The van der Waals surface area contributed by atoms with Crippen LogP contribution in [0.25, 0.3) is 0 Å². The van der Waals surface area contributed by atoms with E-state index in [9.17, 15) is 14.4 Å². The van der Waals surface area contributed by atoms with Gasteiger partial charge in [0, 0.05) is 26.2 Å². The number of hydrogen-bond acceptors (Lipinski definition) is 7. The van der Waals surface area contributed by atoms with Gasteiger partial charge in [0.1, 0.15) is 6.04 Å². The van der Waals surface area contributed by atoms with Crippen LogP contribution in [0.3, 0.4) is 0 Å². The summed E-state index contributed by atoms with van der Waals surface area (Å²) >= 11 is 0. The summed E-state index contributed by atoms with van der Waals surface area (Å²) < 4.78 is 15.9. The first-order valence-corrected chi connectivity index (χ1v) is 9.67. The van der Waals surface area contributed by atoms with Gasteiger partial charge in [-0.15, -0.1) is 0 Å². The highest BCUT2D eigenvalue weighted by atomic mass is 16.7. The third-order valence-corrected chi connectivity index (χ3v) is 5.13. The van der Waals surface area contributed by atoms with Crippen LogP contribution < -0.4 is 20.1 Å². The fraction of sp³-hybridized carbons (Fsp3) is 0.526. The van der Waals surface area contributed by atoms with E-state index in [4.69, 9.17) is 14.2 Å². The van der Waals surface area contributed by atoms with E-state index in [1.54, 1.807) is 18.2 Å². The minimum Gasteiger partial charge on any atom is -0.454 e. The maximum absolute atomic E-state index is 12.6. The smallest absolute Gasteiger partial charge is 0.325 e. The van der Waals surface area contributed by atoms with E-state index in [1.165, 1.54) is 0 Å². The second kappa shape index (κ2) is 8.66. The average molecular weight is 404 g/mol. The highest BCUT2D eigenvalue weighted by Crippen LogP contribution is 2.33. The molecule has 0 spiro atoms. The second-order valence-corrected chi connectivity index (χ2v) is 7.12. The standard InChI is InChI=1S/C19H24N4O6/c24-17(20-3-4-22-5-7-27-8-6-22)10-14-18(25)23(19(26)21-14)11-13-1-2-15-16(9-13)29-12-28-15/h1-2,9,14H,3-8,10-12H2,(H,20,24)(H,21,26)/t14-/m1/s1. The zero-order valence-corrected chi connectivity index (χ0v) is 16.0. The molecule has 2 fully saturated rings. The van der Waals surface area contributed by atoms with Crippen LogP contribution in [0.2, 0.25) is 0 Å². The summed E-state index contributed by atoms with van der Waals surface area (Å²) in [5, 5.41) is 5.40. The Hall–Kier alpha value is -2.85. The number of carbonyl (C=O) groups excluding carboxylic acids is 3. The molecule has 10 nitrogen and oxygen atoms in total. The SMILES string of the molecule is O=C(C[C@H]1NC(=O)N(Cc2ccc3c(c2)OCO3)C1=O)NCCN1CCOCC1. The lowest BCUT2D eigenvalue weighted by Gasteiger charge is -2.26. The number of hydrogen-bond donors (Lipinski definition) is 2. The van der Waals surface area contributed by atoms with Crippen molar-refractivity contribution in [3.63, 3.8) is 0 Å². The second-order valence-electron chi connectivity index (χ2n) is 7.12. The zero-order valence-electron chi connectivity index (χ0n) is 16.0. The van der Waals surface area contributed by atoms with E-state index in [-0.39, 0.29) is 25.7 Å². The quantitative estimate of drug-likeness (QED) is 0.599. The molecule has 1 aromatic rings. The molecule has 0 unspecified atom stereocenters. The molecule has 0 aliphatic carbocycles. The van der Waals surface area contributed by atoms with Crippen LogP contribution in [0.1, 0.15) is 12.0 Å². The Labute approximate surface area is 168 Å². The van der Waals surface area contributed by atoms with Gasteiger partial charge in [-0.05, 0) is 17.7 Å². The van der Waals surface area contributed by atoms with Gasteiger partial charge in [0.25, 0.3) is 5.91 Å². The summed E-state index contributed by atoms with van der Waals surface area (Å²) in [6.07, 6.45) is -0.0781. The van der Waals surface area contributed by atoms with Crippen LogP contribution in [-0.4, -0.2) is 79.9 Å². The van der Waals surface area contributed by atoms with Crippen LogP contribution in [0.15, 0.2) is 18.2 Å². The van der Waals surface area contributed by atoms with E-state index in [1.807, 2.05) is 0 Å². The molecular formula is C19H24N4O6. The van der Waals surface area contributed by atoms with Crippen molar-refractivity contribution in [1.82, 2.24) is 20.4 Å². The van der Waals surface area contributed by atoms with Crippen molar-refractivity contribution in [2.75, 3.05) is 46.2 Å². The highest BCUT2D eigenvalue weighted by Gasteiger charge is 2.39. The Morgan fingerprint density at radius 2 is 1.97 bits per heavy atom. The Balaban J connectivity index is 1.25. The number of amides is 4. The minimum absolute atomic E-state index is 0.0781. The third kappa shape index (κ3) is 4.60. The van der Waals surface area contributed by atoms with Crippen molar-refractivity contribution in [1.29, 1.82) is 0 Å². The van der Waals surface area contributed by atoms with Crippen molar-refractivity contribution in [2.45, 2.75) is 19.0 Å².